The average molecular weight is 390 g/mol. The van der Waals surface area contributed by atoms with Crippen molar-refractivity contribution >= 4 is 28.3 Å². The molecule has 0 bridgehead atoms. The van der Waals surface area contributed by atoms with Crippen LogP contribution in [0.4, 0.5) is 0 Å². The molecule has 1 N–H and O–H groups in total. The van der Waals surface area contributed by atoms with Gasteiger partial charge in [-0.05, 0) is 12.1 Å². The first-order valence-electron chi connectivity index (χ1n) is 8.21. The van der Waals surface area contributed by atoms with Crippen LogP contribution < -0.4 is 5.32 Å². The van der Waals surface area contributed by atoms with Crippen molar-refractivity contribution in [3.05, 3.63) is 30.3 Å². The molecule has 25 heavy (non-hydrogen) atoms. The fraction of sp³-hybridized carbons (Fsp3) is 0.562. The molecular weight excluding hydrogens is 366 g/mol. The lowest BCUT2D eigenvalue weighted by molar-refractivity contribution is -0.133. The molecule has 0 saturated carbocycles. The molecule has 1 aromatic rings. The quantitative estimate of drug-likeness (QED) is 0.802. The number of benzene rings is 1. The molecule has 140 valence electrons. The first-order chi connectivity index (χ1) is 11.6. The van der Waals surface area contributed by atoms with Crippen LogP contribution in [0.5, 0.6) is 0 Å². The lowest BCUT2D eigenvalue weighted by atomic mass is 10.1. The highest BCUT2D eigenvalue weighted by Gasteiger charge is 2.30. The zero-order valence-corrected chi connectivity index (χ0v) is 15.6. The molecule has 1 amide bonds. The Morgan fingerprint density at radius 3 is 2.44 bits per heavy atom. The zero-order valence-electron chi connectivity index (χ0n) is 14.0. The van der Waals surface area contributed by atoms with E-state index in [0.29, 0.717) is 50.7 Å². The molecule has 2 aliphatic heterocycles. The molecule has 1 atom stereocenters. The van der Waals surface area contributed by atoms with Crippen LogP contribution in [0.1, 0.15) is 6.42 Å². The van der Waals surface area contributed by atoms with Crippen LogP contribution in [-0.4, -0.2) is 75.5 Å². The number of nitrogens with one attached hydrogen (secondary N) is 1. The molecule has 3 rings (SSSR count). The molecule has 0 aromatic heterocycles. The van der Waals surface area contributed by atoms with Crippen molar-refractivity contribution in [2.24, 2.45) is 0 Å². The number of rotatable bonds is 4. The number of piperazine rings is 1. The van der Waals surface area contributed by atoms with E-state index >= 15 is 0 Å². The summed E-state index contributed by atoms with van der Waals surface area (Å²) in [6, 6.07) is 8.47. The van der Waals surface area contributed by atoms with Gasteiger partial charge < -0.3 is 15.0 Å². The summed E-state index contributed by atoms with van der Waals surface area (Å²) in [4.78, 5) is 14.4. The number of hydrogen-bond acceptors (Lipinski definition) is 5. The van der Waals surface area contributed by atoms with Crippen molar-refractivity contribution in [1.82, 2.24) is 14.5 Å². The average Bonchev–Trinajstić information content (AvgIpc) is 2.63. The summed E-state index contributed by atoms with van der Waals surface area (Å²) in [5.74, 6) is 0.0507. The van der Waals surface area contributed by atoms with E-state index < -0.39 is 10.0 Å². The predicted octanol–water partition coefficient (Wildman–Crippen LogP) is 0.320. The third-order valence-corrected chi connectivity index (χ3v) is 6.30. The van der Waals surface area contributed by atoms with Crippen LogP contribution in [0.25, 0.3) is 0 Å². The van der Waals surface area contributed by atoms with Gasteiger partial charge in [-0.1, -0.05) is 18.2 Å². The molecule has 9 heteroatoms. The van der Waals surface area contributed by atoms with Gasteiger partial charge in [0.1, 0.15) is 0 Å². The van der Waals surface area contributed by atoms with Crippen molar-refractivity contribution in [1.29, 1.82) is 0 Å². The van der Waals surface area contributed by atoms with Gasteiger partial charge in [0.05, 0.1) is 18.1 Å². The summed E-state index contributed by atoms with van der Waals surface area (Å²) < 4.78 is 32.0. The number of carbonyl (C=O) groups is 1. The Hall–Kier alpha value is -1.19. The third kappa shape index (κ3) is 4.92. The van der Waals surface area contributed by atoms with E-state index in [1.54, 1.807) is 35.2 Å². The minimum absolute atomic E-state index is 0. The van der Waals surface area contributed by atoms with Gasteiger partial charge in [-0.15, -0.1) is 12.4 Å². The number of ether oxygens (including phenoxy) is 1. The van der Waals surface area contributed by atoms with E-state index in [4.69, 9.17) is 4.74 Å². The van der Waals surface area contributed by atoms with Gasteiger partial charge in [-0.2, -0.15) is 4.31 Å². The van der Waals surface area contributed by atoms with Crippen molar-refractivity contribution in [3.63, 3.8) is 0 Å². The topological polar surface area (TPSA) is 79.0 Å². The highest BCUT2D eigenvalue weighted by atomic mass is 35.5. The molecule has 0 radical (unpaired) electrons. The van der Waals surface area contributed by atoms with Gasteiger partial charge in [0.15, 0.2) is 0 Å². The highest BCUT2D eigenvalue weighted by Crippen LogP contribution is 2.17. The van der Waals surface area contributed by atoms with Gasteiger partial charge in [-0.3, -0.25) is 4.79 Å². The summed E-state index contributed by atoms with van der Waals surface area (Å²) in [5, 5.41) is 3.26. The fourth-order valence-corrected chi connectivity index (χ4v) is 4.45. The minimum atomic E-state index is -3.48. The lowest BCUT2D eigenvalue weighted by Gasteiger charge is -2.35. The van der Waals surface area contributed by atoms with E-state index in [2.05, 4.69) is 5.32 Å². The number of hydrogen-bond donors (Lipinski definition) is 1. The maximum Gasteiger partial charge on any atom is 0.243 e. The summed E-state index contributed by atoms with van der Waals surface area (Å²) in [7, 11) is -3.48. The van der Waals surface area contributed by atoms with Gasteiger partial charge >= 0.3 is 0 Å². The second-order valence-electron chi connectivity index (χ2n) is 6.03. The Kier molecular flexibility index (Phi) is 7.21. The van der Waals surface area contributed by atoms with Crippen LogP contribution in [0.15, 0.2) is 35.2 Å². The number of halogens is 1. The van der Waals surface area contributed by atoms with Gasteiger partial charge in [-0.25, -0.2) is 8.42 Å². The third-order valence-electron chi connectivity index (χ3n) is 4.39. The number of nitrogens with zero attached hydrogens (tertiary/aromatic N) is 2. The lowest BCUT2D eigenvalue weighted by Crippen LogP contribution is -2.52. The Morgan fingerprint density at radius 2 is 1.84 bits per heavy atom. The molecule has 0 aliphatic carbocycles. The van der Waals surface area contributed by atoms with Crippen LogP contribution in [-0.2, 0) is 19.6 Å². The fourth-order valence-electron chi connectivity index (χ4n) is 3.01. The van der Waals surface area contributed by atoms with Crippen LogP contribution in [0.3, 0.4) is 0 Å². The predicted molar refractivity (Wildman–Crippen MR) is 96.3 cm³/mol. The van der Waals surface area contributed by atoms with E-state index in [9.17, 15) is 13.2 Å². The Balaban J connectivity index is 0.00000225. The van der Waals surface area contributed by atoms with E-state index in [0.717, 1.165) is 6.54 Å². The molecule has 2 heterocycles. The number of carbonyl (C=O) groups excluding carboxylic acids is 1. The SMILES string of the molecule is Cl.O=C(CC1COCCN1)N1CCN(S(=O)(=O)c2ccccc2)CC1. The van der Waals surface area contributed by atoms with Gasteiger partial charge in [0, 0.05) is 45.2 Å². The molecule has 1 unspecified atom stereocenters. The monoisotopic (exact) mass is 389 g/mol. The van der Waals surface area contributed by atoms with Crippen molar-refractivity contribution < 1.29 is 17.9 Å². The highest BCUT2D eigenvalue weighted by molar-refractivity contribution is 7.89. The van der Waals surface area contributed by atoms with E-state index in [1.807, 2.05) is 0 Å². The summed E-state index contributed by atoms with van der Waals surface area (Å²) in [5.41, 5.74) is 0. The van der Waals surface area contributed by atoms with E-state index in [-0.39, 0.29) is 24.4 Å². The zero-order chi connectivity index (χ0) is 17.0. The van der Waals surface area contributed by atoms with Crippen LogP contribution in [0.2, 0.25) is 0 Å². The van der Waals surface area contributed by atoms with Crippen LogP contribution >= 0.6 is 12.4 Å². The standard InChI is InChI=1S/C16H23N3O4S.ClH/c20-16(12-14-13-23-11-6-17-14)18-7-9-19(10-8-18)24(21,22)15-4-2-1-3-5-15;/h1-5,14,17H,6-13H2;1H. The maximum atomic E-state index is 12.6. The second-order valence-corrected chi connectivity index (χ2v) is 7.97. The molecule has 2 fully saturated rings. The van der Waals surface area contributed by atoms with Gasteiger partial charge in [0.2, 0.25) is 15.9 Å². The normalized spacial score (nSPS) is 22.2. The number of morpholine rings is 1. The first-order valence-corrected chi connectivity index (χ1v) is 9.65. The molecule has 7 nitrogen and oxygen atoms in total. The molecule has 2 saturated heterocycles. The van der Waals surface area contributed by atoms with Crippen molar-refractivity contribution in [3.8, 4) is 0 Å². The summed E-state index contributed by atoms with van der Waals surface area (Å²) in [6.07, 6.45) is 0.394. The Bertz CT molecular complexity index is 657. The Morgan fingerprint density at radius 1 is 1.16 bits per heavy atom. The molecule has 2 aliphatic rings. The van der Waals surface area contributed by atoms with Crippen LogP contribution in [0, 0.1) is 0 Å². The molecule has 1 aromatic carbocycles. The summed E-state index contributed by atoms with van der Waals surface area (Å²) in [6.45, 7) is 3.52. The second kappa shape index (κ2) is 8.95. The smallest absolute Gasteiger partial charge is 0.243 e. The minimum Gasteiger partial charge on any atom is -0.378 e. The molecule has 0 spiro atoms. The van der Waals surface area contributed by atoms with Crippen molar-refractivity contribution in [2.45, 2.75) is 17.4 Å². The van der Waals surface area contributed by atoms with Crippen molar-refractivity contribution in [2.75, 3.05) is 45.9 Å². The number of sulfonamides is 1. The number of amides is 1. The van der Waals surface area contributed by atoms with E-state index in [1.165, 1.54) is 4.31 Å². The first kappa shape index (κ1) is 20.1. The summed E-state index contributed by atoms with van der Waals surface area (Å²) >= 11 is 0. The largest absolute Gasteiger partial charge is 0.378 e. The van der Waals surface area contributed by atoms with Gasteiger partial charge in [0.25, 0.3) is 0 Å². The molecular formula is C16H24ClN3O4S. The maximum absolute atomic E-state index is 12.6. The Labute approximate surface area is 154 Å².